The Hall–Kier alpha value is -1.52. The first kappa shape index (κ1) is 7.59. The Morgan fingerprint density at radius 2 is 2.64 bits per heavy atom. The molecule has 11 heavy (non-hydrogen) atoms. The summed E-state index contributed by atoms with van der Waals surface area (Å²) in [5.74, 6) is 0.468. The zero-order valence-corrected chi connectivity index (χ0v) is 6.02. The van der Waals surface area contributed by atoms with Gasteiger partial charge in [0.1, 0.15) is 0 Å². The van der Waals surface area contributed by atoms with Crippen LogP contribution in [0.25, 0.3) is 0 Å². The molecule has 0 aliphatic rings. The molecule has 0 aromatic carbocycles. The SMILES string of the molecule is CCOc1cnn(C(=O)O)c1. The fourth-order valence-corrected chi connectivity index (χ4v) is 0.652. The summed E-state index contributed by atoms with van der Waals surface area (Å²) in [6.07, 6.45) is 1.56. The summed E-state index contributed by atoms with van der Waals surface area (Å²) in [6, 6.07) is 0. The lowest BCUT2D eigenvalue weighted by molar-refractivity contribution is 0.192. The standard InChI is InChI=1S/C6H8N2O3/c1-2-11-5-3-7-8(4-5)6(9)10/h3-4H,2H2,1H3,(H,9,10). The van der Waals surface area contributed by atoms with E-state index in [0.717, 1.165) is 4.68 Å². The van der Waals surface area contributed by atoms with Crippen LogP contribution in [0.3, 0.4) is 0 Å². The highest BCUT2D eigenvalue weighted by Crippen LogP contribution is 2.06. The average molecular weight is 156 g/mol. The molecule has 5 nitrogen and oxygen atoms in total. The van der Waals surface area contributed by atoms with E-state index in [1.54, 1.807) is 0 Å². The van der Waals surface area contributed by atoms with E-state index >= 15 is 0 Å². The molecule has 1 rings (SSSR count). The van der Waals surface area contributed by atoms with Gasteiger partial charge >= 0.3 is 6.09 Å². The molecule has 0 unspecified atom stereocenters. The number of hydrogen-bond donors (Lipinski definition) is 1. The van der Waals surface area contributed by atoms with Crippen LogP contribution in [0.1, 0.15) is 6.92 Å². The van der Waals surface area contributed by atoms with Gasteiger partial charge in [-0.25, -0.2) is 4.79 Å². The minimum atomic E-state index is -1.11. The molecule has 0 atom stereocenters. The molecule has 0 spiro atoms. The molecule has 1 aromatic rings. The maximum atomic E-state index is 10.3. The molecule has 0 amide bonds. The highest BCUT2D eigenvalue weighted by molar-refractivity contribution is 5.66. The van der Waals surface area contributed by atoms with Crippen molar-refractivity contribution in [2.45, 2.75) is 6.92 Å². The van der Waals surface area contributed by atoms with Crippen LogP contribution in [-0.4, -0.2) is 27.6 Å². The fourth-order valence-electron chi connectivity index (χ4n) is 0.652. The number of carbonyl (C=O) groups is 1. The van der Waals surface area contributed by atoms with E-state index in [2.05, 4.69) is 5.10 Å². The van der Waals surface area contributed by atoms with Crippen LogP contribution in [-0.2, 0) is 0 Å². The first-order valence-corrected chi connectivity index (χ1v) is 3.14. The van der Waals surface area contributed by atoms with Gasteiger partial charge in [-0.2, -0.15) is 9.78 Å². The minimum Gasteiger partial charge on any atom is -0.491 e. The Morgan fingerprint density at radius 1 is 1.91 bits per heavy atom. The summed E-state index contributed by atoms with van der Waals surface area (Å²) in [4.78, 5) is 10.3. The van der Waals surface area contributed by atoms with Gasteiger partial charge in [-0.3, -0.25) is 0 Å². The van der Waals surface area contributed by atoms with Crippen LogP contribution in [0.2, 0.25) is 0 Å². The van der Waals surface area contributed by atoms with Crippen LogP contribution in [0.5, 0.6) is 5.75 Å². The van der Waals surface area contributed by atoms with Gasteiger partial charge in [0.15, 0.2) is 5.75 Å². The Balaban J connectivity index is 2.73. The number of nitrogens with zero attached hydrogens (tertiary/aromatic N) is 2. The largest absolute Gasteiger partial charge is 0.491 e. The number of aromatic nitrogens is 2. The Kier molecular flexibility index (Phi) is 2.10. The van der Waals surface area contributed by atoms with Gasteiger partial charge in [-0.15, -0.1) is 0 Å². The van der Waals surface area contributed by atoms with Crippen molar-refractivity contribution < 1.29 is 14.6 Å². The van der Waals surface area contributed by atoms with E-state index in [-0.39, 0.29) is 0 Å². The van der Waals surface area contributed by atoms with Gasteiger partial charge in [-0.05, 0) is 6.92 Å². The van der Waals surface area contributed by atoms with Gasteiger partial charge in [0.25, 0.3) is 0 Å². The van der Waals surface area contributed by atoms with E-state index in [0.29, 0.717) is 12.4 Å². The predicted molar refractivity (Wildman–Crippen MR) is 36.8 cm³/mol. The zero-order valence-electron chi connectivity index (χ0n) is 6.02. The highest BCUT2D eigenvalue weighted by Gasteiger charge is 2.03. The Morgan fingerprint density at radius 3 is 3.09 bits per heavy atom. The summed E-state index contributed by atoms with van der Waals surface area (Å²) < 4.78 is 5.79. The lowest BCUT2D eigenvalue weighted by atomic mass is 10.6. The number of carboxylic acid groups (broad SMARTS) is 1. The smallest absolute Gasteiger partial charge is 0.432 e. The first-order valence-electron chi connectivity index (χ1n) is 3.14. The third-order valence-corrected chi connectivity index (χ3v) is 1.07. The number of hydrogen-bond acceptors (Lipinski definition) is 3. The van der Waals surface area contributed by atoms with Gasteiger partial charge in [0.05, 0.1) is 19.0 Å². The second-order valence-electron chi connectivity index (χ2n) is 1.84. The van der Waals surface area contributed by atoms with Crippen LogP contribution < -0.4 is 4.74 Å². The van der Waals surface area contributed by atoms with Crippen LogP contribution in [0.4, 0.5) is 4.79 Å². The van der Waals surface area contributed by atoms with E-state index in [4.69, 9.17) is 9.84 Å². The normalized spacial score (nSPS) is 9.55. The lowest BCUT2D eigenvalue weighted by Gasteiger charge is -1.94. The Labute approximate surface area is 63.2 Å². The molecule has 0 radical (unpaired) electrons. The molecule has 1 heterocycles. The Bertz CT molecular complexity index is 256. The summed E-state index contributed by atoms with van der Waals surface area (Å²) in [6.45, 7) is 2.32. The maximum absolute atomic E-state index is 10.3. The minimum absolute atomic E-state index is 0.468. The van der Waals surface area contributed by atoms with E-state index in [1.807, 2.05) is 6.92 Å². The molecule has 5 heteroatoms. The first-order chi connectivity index (χ1) is 5.24. The molecule has 60 valence electrons. The number of rotatable bonds is 2. The maximum Gasteiger partial charge on any atom is 0.432 e. The van der Waals surface area contributed by atoms with E-state index in [9.17, 15) is 4.79 Å². The van der Waals surface area contributed by atoms with Crippen molar-refractivity contribution in [3.63, 3.8) is 0 Å². The van der Waals surface area contributed by atoms with Gasteiger partial charge in [0, 0.05) is 0 Å². The van der Waals surface area contributed by atoms with Gasteiger partial charge in [-0.1, -0.05) is 0 Å². The highest BCUT2D eigenvalue weighted by atomic mass is 16.5. The fraction of sp³-hybridized carbons (Fsp3) is 0.333. The quantitative estimate of drug-likeness (QED) is 0.688. The zero-order chi connectivity index (χ0) is 8.27. The van der Waals surface area contributed by atoms with Crippen molar-refractivity contribution in [2.75, 3.05) is 6.61 Å². The summed E-state index contributed by atoms with van der Waals surface area (Å²) in [7, 11) is 0. The topological polar surface area (TPSA) is 64.4 Å². The van der Waals surface area contributed by atoms with Crippen molar-refractivity contribution >= 4 is 6.09 Å². The summed E-state index contributed by atoms with van der Waals surface area (Å²) in [5, 5.41) is 11.9. The second kappa shape index (κ2) is 3.05. The van der Waals surface area contributed by atoms with Gasteiger partial charge < -0.3 is 9.84 Å². The van der Waals surface area contributed by atoms with E-state index in [1.165, 1.54) is 12.4 Å². The van der Waals surface area contributed by atoms with Crippen molar-refractivity contribution in [3.05, 3.63) is 12.4 Å². The molecule has 1 aromatic heterocycles. The third kappa shape index (κ3) is 1.70. The predicted octanol–water partition coefficient (Wildman–Crippen LogP) is 0.808. The monoisotopic (exact) mass is 156 g/mol. The average Bonchev–Trinajstić information content (AvgIpc) is 2.37. The summed E-state index contributed by atoms with van der Waals surface area (Å²) >= 11 is 0. The molecule has 1 N–H and O–H groups in total. The molecular formula is C6H8N2O3. The number of ether oxygens (including phenoxy) is 1. The van der Waals surface area contributed by atoms with Crippen LogP contribution in [0.15, 0.2) is 12.4 Å². The van der Waals surface area contributed by atoms with Crippen LogP contribution >= 0.6 is 0 Å². The lowest BCUT2D eigenvalue weighted by Crippen LogP contribution is -2.07. The second-order valence-corrected chi connectivity index (χ2v) is 1.84. The summed E-state index contributed by atoms with van der Waals surface area (Å²) in [5.41, 5.74) is 0. The van der Waals surface area contributed by atoms with Crippen molar-refractivity contribution in [1.82, 2.24) is 9.78 Å². The van der Waals surface area contributed by atoms with Crippen molar-refractivity contribution in [3.8, 4) is 5.75 Å². The molecule has 0 saturated carbocycles. The third-order valence-electron chi connectivity index (χ3n) is 1.07. The van der Waals surface area contributed by atoms with Crippen LogP contribution in [0, 0.1) is 0 Å². The molecular weight excluding hydrogens is 148 g/mol. The molecule has 0 aliphatic heterocycles. The molecule has 0 bridgehead atoms. The molecule has 0 fully saturated rings. The van der Waals surface area contributed by atoms with Gasteiger partial charge in [0.2, 0.25) is 0 Å². The van der Waals surface area contributed by atoms with E-state index < -0.39 is 6.09 Å². The van der Waals surface area contributed by atoms with Crippen molar-refractivity contribution in [2.24, 2.45) is 0 Å². The molecule has 0 aliphatic carbocycles. The molecule has 0 saturated heterocycles. The van der Waals surface area contributed by atoms with Crippen molar-refractivity contribution in [1.29, 1.82) is 0 Å².